The van der Waals surface area contributed by atoms with Crippen molar-refractivity contribution in [2.45, 2.75) is 39.2 Å². The number of piperidine rings is 1. The van der Waals surface area contributed by atoms with Gasteiger partial charge >= 0.3 is 0 Å². The number of hydrogen-bond donors (Lipinski definition) is 0. The van der Waals surface area contributed by atoms with Gasteiger partial charge in [-0.15, -0.1) is 5.10 Å². The Labute approximate surface area is 152 Å². The van der Waals surface area contributed by atoms with E-state index in [0.29, 0.717) is 11.6 Å². The van der Waals surface area contributed by atoms with Crippen LogP contribution in [0.1, 0.15) is 42.4 Å². The summed E-state index contributed by atoms with van der Waals surface area (Å²) in [5, 5.41) is 4.53. The second-order valence-corrected chi connectivity index (χ2v) is 6.83. The number of benzene rings is 1. The van der Waals surface area contributed by atoms with Crippen molar-refractivity contribution >= 4 is 5.91 Å². The van der Waals surface area contributed by atoms with Crippen molar-refractivity contribution in [3.05, 3.63) is 54.0 Å². The molecule has 26 heavy (non-hydrogen) atoms. The van der Waals surface area contributed by atoms with E-state index in [1.54, 1.807) is 17.0 Å². The second kappa shape index (κ2) is 6.78. The van der Waals surface area contributed by atoms with Crippen LogP contribution >= 0.6 is 0 Å². The molecule has 0 saturated carbocycles. The van der Waals surface area contributed by atoms with Gasteiger partial charge in [-0.25, -0.2) is 4.68 Å². The Hall–Kier alpha value is -2.89. The third kappa shape index (κ3) is 3.03. The molecule has 0 aliphatic carbocycles. The van der Waals surface area contributed by atoms with E-state index in [2.05, 4.69) is 17.0 Å². The maximum atomic E-state index is 13.0. The minimum Gasteiger partial charge on any atom is -0.461 e. The SMILES string of the molecule is Cc1ccc(-n2nc(C(=O)N3CCCC[C@H]3C)nc2-c2ccco2)cc1. The molecule has 4 rings (SSSR count). The molecule has 2 aromatic heterocycles. The zero-order chi connectivity index (χ0) is 18.1. The summed E-state index contributed by atoms with van der Waals surface area (Å²) in [6.07, 6.45) is 4.81. The average molecular weight is 350 g/mol. The number of carbonyl (C=O) groups is 1. The maximum Gasteiger partial charge on any atom is 0.293 e. The second-order valence-electron chi connectivity index (χ2n) is 6.83. The standard InChI is InChI=1S/C20H22N4O2/c1-14-8-10-16(11-9-14)24-19(17-7-5-13-26-17)21-18(22-24)20(25)23-12-4-3-6-15(23)2/h5,7-11,13,15H,3-4,6,12H2,1-2H3/t15-/m1/s1. The number of amides is 1. The first kappa shape index (κ1) is 16.6. The smallest absolute Gasteiger partial charge is 0.293 e. The van der Waals surface area contributed by atoms with E-state index >= 15 is 0 Å². The van der Waals surface area contributed by atoms with E-state index < -0.39 is 0 Å². The first-order valence-electron chi connectivity index (χ1n) is 9.02. The van der Waals surface area contributed by atoms with Gasteiger partial charge < -0.3 is 9.32 Å². The molecule has 0 spiro atoms. The van der Waals surface area contributed by atoms with Crippen LogP contribution < -0.4 is 0 Å². The van der Waals surface area contributed by atoms with Crippen LogP contribution in [0.25, 0.3) is 17.3 Å². The lowest BCUT2D eigenvalue weighted by molar-refractivity contribution is 0.0623. The molecule has 134 valence electrons. The van der Waals surface area contributed by atoms with E-state index in [4.69, 9.17) is 4.42 Å². The van der Waals surface area contributed by atoms with Gasteiger partial charge in [-0.3, -0.25) is 4.79 Å². The summed E-state index contributed by atoms with van der Waals surface area (Å²) in [7, 11) is 0. The minimum absolute atomic E-state index is 0.115. The fraction of sp³-hybridized carbons (Fsp3) is 0.350. The summed E-state index contributed by atoms with van der Waals surface area (Å²) in [5.74, 6) is 1.22. The lowest BCUT2D eigenvalue weighted by Gasteiger charge is -2.32. The van der Waals surface area contributed by atoms with Crippen LogP contribution in [0, 0.1) is 6.92 Å². The third-order valence-electron chi connectivity index (χ3n) is 4.88. The molecule has 0 bridgehead atoms. The van der Waals surface area contributed by atoms with Crippen LogP contribution in [0.15, 0.2) is 47.1 Å². The lowest BCUT2D eigenvalue weighted by Crippen LogP contribution is -2.42. The van der Waals surface area contributed by atoms with E-state index in [0.717, 1.165) is 37.1 Å². The maximum absolute atomic E-state index is 13.0. The molecule has 1 atom stereocenters. The van der Waals surface area contributed by atoms with Gasteiger partial charge in [0.05, 0.1) is 12.0 Å². The van der Waals surface area contributed by atoms with Gasteiger partial charge in [-0.05, 0) is 57.4 Å². The first-order chi connectivity index (χ1) is 12.6. The molecule has 1 amide bonds. The van der Waals surface area contributed by atoms with Crippen molar-refractivity contribution < 1.29 is 9.21 Å². The number of hydrogen-bond acceptors (Lipinski definition) is 4. The topological polar surface area (TPSA) is 64.2 Å². The van der Waals surface area contributed by atoms with Crippen molar-refractivity contribution in [3.63, 3.8) is 0 Å². The highest BCUT2D eigenvalue weighted by Crippen LogP contribution is 2.24. The number of rotatable bonds is 3. The Morgan fingerprint density at radius 1 is 1.19 bits per heavy atom. The molecule has 0 N–H and O–H groups in total. The summed E-state index contributed by atoms with van der Waals surface area (Å²) >= 11 is 0. The highest BCUT2D eigenvalue weighted by atomic mass is 16.3. The van der Waals surface area contributed by atoms with Crippen LogP contribution in [-0.2, 0) is 0 Å². The summed E-state index contributed by atoms with van der Waals surface area (Å²) in [6, 6.07) is 11.8. The number of furan rings is 1. The molecule has 3 heterocycles. The van der Waals surface area contributed by atoms with E-state index in [1.807, 2.05) is 42.2 Å². The largest absolute Gasteiger partial charge is 0.461 e. The number of aryl methyl sites for hydroxylation is 1. The molecular formula is C20H22N4O2. The molecule has 3 aromatic rings. The van der Waals surface area contributed by atoms with Crippen molar-refractivity contribution in [3.8, 4) is 17.3 Å². The molecule has 1 aliphatic heterocycles. The molecule has 6 nitrogen and oxygen atoms in total. The Kier molecular flexibility index (Phi) is 4.32. The molecule has 0 unspecified atom stereocenters. The predicted octanol–water partition coefficient (Wildman–Crippen LogP) is 3.85. The minimum atomic E-state index is -0.115. The van der Waals surface area contributed by atoms with Crippen molar-refractivity contribution in [1.29, 1.82) is 0 Å². The lowest BCUT2D eigenvalue weighted by atomic mass is 10.0. The van der Waals surface area contributed by atoms with Gasteiger partial charge in [0.25, 0.3) is 5.91 Å². The molecule has 1 aromatic carbocycles. The van der Waals surface area contributed by atoms with E-state index in [9.17, 15) is 4.79 Å². The van der Waals surface area contributed by atoms with Gasteiger partial charge in [-0.2, -0.15) is 4.98 Å². The summed E-state index contributed by atoms with van der Waals surface area (Å²) in [5.41, 5.74) is 2.01. The van der Waals surface area contributed by atoms with Crippen LogP contribution in [0.2, 0.25) is 0 Å². The summed E-state index contributed by atoms with van der Waals surface area (Å²) < 4.78 is 7.20. The summed E-state index contributed by atoms with van der Waals surface area (Å²) in [6.45, 7) is 4.88. The van der Waals surface area contributed by atoms with Gasteiger partial charge in [0.15, 0.2) is 11.6 Å². The van der Waals surface area contributed by atoms with Crippen LogP contribution in [0.4, 0.5) is 0 Å². The van der Waals surface area contributed by atoms with Gasteiger partial charge in [0.2, 0.25) is 5.82 Å². The Bertz CT molecular complexity index is 897. The Morgan fingerprint density at radius 3 is 2.69 bits per heavy atom. The van der Waals surface area contributed by atoms with Crippen LogP contribution in [0.5, 0.6) is 0 Å². The zero-order valence-corrected chi connectivity index (χ0v) is 15.1. The van der Waals surface area contributed by atoms with Gasteiger partial charge in [0.1, 0.15) is 0 Å². The average Bonchev–Trinajstić information content (AvgIpc) is 3.32. The monoisotopic (exact) mass is 350 g/mol. The van der Waals surface area contributed by atoms with Crippen LogP contribution in [-0.4, -0.2) is 38.2 Å². The zero-order valence-electron chi connectivity index (χ0n) is 15.1. The highest BCUT2D eigenvalue weighted by Gasteiger charge is 2.28. The first-order valence-corrected chi connectivity index (χ1v) is 9.02. The molecule has 1 aliphatic rings. The predicted molar refractivity (Wildman–Crippen MR) is 98.1 cm³/mol. The van der Waals surface area contributed by atoms with E-state index in [-0.39, 0.29) is 17.8 Å². The fourth-order valence-electron chi connectivity index (χ4n) is 3.36. The highest BCUT2D eigenvalue weighted by molar-refractivity contribution is 5.91. The molecule has 0 radical (unpaired) electrons. The van der Waals surface area contributed by atoms with Crippen molar-refractivity contribution in [2.75, 3.05) is 6.54 Å². The molecule has 1 fully saturated rings. The number of aromatic nitrogens is 3. The van der Waals surface area contributed by atoms with Crippen LogP contribution in [0.3, 0.4) is 0 Å². The van der Waals surface area contributed by atoms with E-state index in [1.165, 1.54) is 0 Å². The number of likely N-dealkylation sites (tertiary alicyclic amines) is 1. The van der Waals surface area contributed by atoms with Crippen molar-refractivity contribution in [1.82, 2.24) is 19.7 Å². The molecular weight excluding hydrogens is 328 g/mol. The summed E-state index contributed by atoms with van der Waals surface area (Å²) in [4.78, 5) is 19.4. The Balaban J connectivity index is 1.76. The third-order valence-corrected chi connectivity index (χ3v) is 4.88. The Morgan fingerprint density at radius 2 is 2.00 bits per heavy atom. The number of nitrogens with zero attached hydrogens (tertiary/aromatic N) is 4. The molecule has 1 saturated heterocycles. The van der Waals surface area contributed by atoms with Gasteiger partial charge in [-0.1, -0.05) is 17.7 Å². The van der Waals surface area contributed by atoms with Gasteiger partial charge in [0, 0.05) is 12.6 Å². The number of carbonyl (C=O) groups excluding carboxylic acids is 1. The normalized spacial score (nSPS) is 17.5. The quantitative estimate of drug-likeness (QED) is 0.720. The van der Waals surface area contributed by atoms with Crippen molar-refractivity contribution in [2.24, 2.45) is 0 Å². The molecule has 6 heteroatoms. The fourth-order valence-corrected chi connectivity index (χ4v) is 3.36.